The Bertz CT molecular complexity index is 1230. The van der Waals surface area contributed by atoms with Gasteiger partial charge >= 0.3 is 11.8 Å². The third-order valence-corrected chi connectivity index (χ3v) is 5.53. The molecular formula is C22H21N5O3S. The maximum atomic E-state index is 12.1. The van der Waals surface area contributed by atoms with Gasteiger partial charge in [0.25, 0.3) is 0 Å². The van der Waals surface area contributed by atoms with Crippen LogP contribution in [0.15, 0.2) is 53.9 Å². The largest absolute Gasteiger partial charge is 0.497 e. The van der Waals surface area contributed by atoms with Gasteiger partial charge in [0.2, 0.25) is 4.96 Å². The van der Waals surface area contributed by atoms with Gasteiger partial charge in [-0.3, -0.25) is 9.59 Å². The summed E-state index contributed by atoms with van der Waals surface area (Å²) in [5, 5.41) is 11.7. The highest BCUT2D eigenvalue weighted by molar-refractivity contribution is 7.15. The molecule has 2 aromatic carbocycles. The first-order valence-corrected chi connectivity index (χ1v) is 10.5. The van der Waals surface area contributed by atoms with E-state index in [1.165, 1.54) is 24.0 Å². The van der Waals surface area contributed by atoms with Crippen molar-refractivity contribution < 1.29 is 14.3 Å². The van der Waals surface area contributed by atoms with Crippen LogP contribution in [0.2, 0.25) is 0 Å². The van der Waals surface area contributed by atoms with Gasteiger partial charge in [-0.25, -0.2) is 4.52 Å². The Morgan fingerprint density at radius 1 is 1.13 bits per heavy atom. The number of amides is 2. The first kappa shape index (κ1) is 20.5. The molecule has 0 radical (unpaired) electrons. The minimum absolute atomic E-state index is 0.302. The third-order valence-electron chi connectivity index (χ3n) is 4.66. The molecule has 158 valence electrons. The van der Waals surface area contributed by atoms with Crippen LogP contribution in [0.25, 0.3) is 16.3 Å². The van der Waals surface area contributed by atoms with E-state index in [2.05, 4.69) is 20.7 Å². The van der Waals surface area contributed by atoms with E-state index in [-0.39, 0.29) is 0 Å². The molecule has 0 saturated heterocycles. The number of aromatic nitrogens is 3. The number of aryl methyl sites for hydroxylation is 1. The number of benzene rings is 2. The number of rotatable bonds is 6. The molecule has 0 aliphatic rings. The lowest BCUT2D eigenvalue weighted by Gasteiger charge is -2.07. The van der Waals surface area contributed by atoms with E-state index in [1.807, 2.05) is 36.6 Å². The summed E-state index contributed by atoms with van der Waals surface area (Å²) < 4.78 is 6.89. The number of methoxy groups -OCH3 is 1. The van der Waals surface area contributed by atoms with Gasteiger partial charge in [0.15, 0.2) is 5.82 Å². The SMILES string of the molecule is COc1cccc(NC(=O)C(=O)NCCc2csc3nc(-c4ccc(C)cc4)nn23)c1. The van der Waals surface area contributed by atoms with Crippen molar-refractivity contribution >= 4 is 33.8 Å². The number of ether oxygens (including phenoxy) is 1. The fourth-order valence-electron chi connectivity index (χ4n) is 2.99. The number of thiazole rings is 1. The lowest BCUT2D eigenvalue weighted by Crippen LogP contribution is -2.36. The van der Waals surface area contributed by atoms with Crippen molar-refractivity contribution in [2.45, 2.75) is 13.3 Å². The van der Waals surface area contributed by atoms with Crippen LogP contribution in [0.4, 0.5) is 5.69 Å². The summed E-state index contributed by atoms with van der Waals surface area (Å²) in [4.78, 5) is 29.6. The second kappa shape index (κ2) is 8.97. The molecule has 2 aromatic heterocycles. The highest BCUT2D eigenvalue weighted by Gasteiger charge is 2.15. The van der Waals surface area contributed by atoms with Gasteiger partial charge in [0.05, 0.1) is 12.8 Å². The van der Waals surface area contributed by atoms with Crippen molar-refractivity contribution in [1.82, 2.24) is 19.9 Å². The number of hydrogen-bond acceptors (Lipinski definition) is 6. The molecule has 0 aliphatic carbocycles. The Morgan fingerprint density at radius 3 is 2.71 bits per heavy atom. The number of nitrogens with zero attached hydrogens (tertiary/aromatic N) is 3. The minimum atomic E-state index is -0.730. The van der Waals surface area contributed by atoms with Crippen LogP contribution in [-0.4, -0.2) is 40.1 Å². The zero-order valence-electron chi connectivity index (χ0n) is 17.1. The molecule has 0 atom stereocenters. The summed E-state index contributed by atoms with van der Waals surface area (Å²) in [7, 11) is 1.54. The zero-order chi connectivity index (χ0) is 21.8. The molecule has 4 aromatic rings. The highest BCUT2D eigenvalue weighted by Crippen LogP contribution is 2.21. The lowest BCUT2D eigenvalue weighted by atomic mass is 10.1. The van der Waals surface area contributed by atoms with E-state index in [4.69, 9.17) is 4.74 Å². The summed E-state index contributed by atoms with van der Waals surface area (Å²) in [5.74, 6) is -0.174. The molecule has 0 fully saturated rings. The smallest absolute Gasteiger partial charge is 0.313 e. The van der Waals surface area contributed by atoms with Crippen LogP contribution in [0.1, 0.15) is 11.3 Å². The molecular weight excluding hydrogens is 414 g/mol. The van der Waals surface area contributed by atoms with Gasteiger partial charge in [-0.2, -0.15) is 4.98 Å². The van der Waals surface area contributed by atoms with Crippen molar-refractivity contribution in [3.05, 3.63) is 65.2 Å². The Hall–Kier alpha value is -3.72. The topological polar surface area (TPSA) is 97.6 Å². The second-order valence-electron chi connectivity index (χ2n) is 6.91. The van der Waals surface area contributed by atoms with Crippen LogP contribution in [0, 0.1) is 6.92 Å². The summed E-state index contributed by atoms with van der Waals surface area (Å²) in [5.41, 5.74) is 3.54. The van der Waals surface area contributed by atoms with Gasteiger partial charge in [-0.05, 0) is 19.1 Å². The molecule has 0 saturated carbocycles. The summed E-state index contributed by atoms with van der Waals surface area (Å²) in [6, 6.07) is 14.9. The van der Waals surface area contributed by atoms with Crippen molar-refractivity contribution in [3.8, 4) is 17.1 Å². The Balaban J connectivity index is 1.35. The molecule has 0 bridgehead atoms. The molecule has 8 nitrogen and oxygen atoms in total. The standard InChI is InChI=1S/C22H21N5O3S/c1-14-6-8-15(9-7-14)19-25-22-27(26-19)17(13-31-22)10-11-23-20(28)21(29)24-16-4-3-5-18(12-16)30-2/h3-9,12-13H,10-11H2,1-2H3,(H,23,28)(H,24,29). The van der Waals surface area contributed by atoms with Crippen LogP contribution in [0.3, 0.4) is 0 Å². The number of nitrogens with one attached hydrogen (secondary N) is 2. The molecule has 0 aliphatic heterocycles. The quantitative estimate of drug-likeness (QED) is 0.454. The van der Waals surface area contributed by atoms with Crippen molar-refractivity contribution in [2.24, 2.45) is 0 Å². The lowest BCUT2D eigenvalue weighted by molar-refractivity contribution is -0.136. The maximum Gasteiger partial charge on any atom is 0.313 e. The van der Waals surface area contributed by atoms with E-state index in [0.717, 1.165) is 16.2 Å². The van der Waals surface area contributed by atoms with Crippen molar-refractivity contribution in [3.63, 3.8) is 0 Å². The molecule has 9 heteroatoms. The van der Waals surface area contributed by atoms with Gasteiger partial charge in [-0.1, -0.05) is 35.9 Å². The van der Waals surface area contributed by atoms with E-state index in [9.17, 15) is 9.59 Å². The number of fused-ring (bicyclic) bond motifs is 1. The Kier molecular flexibility index (Phi) is 5.94. The molecule has 2 N–H and O–H groups in total. The average molecular weight is 436 g/mol. The van der Waals surface area contributed by atoms with E-state index in [1.54, 1.807) is 28.8 Å². The van der Waals surface area contributed by atoms with Crippen molar-refractivity contribution in [2.75, 3.05) is 19.0 Å². The van der Waals surface area contributed by atoms with E-state index in [0.29, 0.717) is 30.2 Å². The molecule has 2 heterocycles. The second-order valence-corrected chi connectivity index (χ2v) is 7.75. The summed E-state index contributed by atoms with van der Waals surface area (Å²) >= 11 is 1.49. The first-order valence-electron chi connectivity index (χ1n) is 9.67. The maximum absolute atomic E-state index is 12.1. The number of hydrogen-bond donors (Lipinski definition) is 2. The Morgan fingerprint density at radius 2 is 1.94 bits per heavy atom. The minimum Gasteiger partial charge on any atom is -0.497 e. The molecule has 2 amide bonds. The molecule has 4 rings (SSSR count). The van der Waals surface area contributed by atoms with Crippen molar-refractivity contribution in [1.29, 1.82) is 0 Å². The average Bonchev–Trinajstić information content (AvgIpc) is 3.36. The van der Waals surface area contributed by atoms with Gasteiger partial charge < -0.3 is 15.4 Å². The highest BCUT2D eigenvalue weighted by atomic mass is 32.1. The zero-order valence-corrected chi connectivity index (χ0v) is 17.9. The molecule has 0 unspecified atom stereocenters. The monoisotopic (exact) mass is 435 g/mol. The number of anilines is 1. The number of carbonyl (C=O) groups is 2. The molecule has 0 spiro atoms. The van der Waals surface area contributed by atoms with Gasteiger partial charge in [-0.15, -0.1) is 16.4 Å². The summed E-state index contributed by atoms with van der Waals surface area (Å²) in [6.45, 7) is 2.34. The predicted octanol–water partition coefficient (Wildman–Crippen LogP) is 3.07. The van der Waals surface area contributed by atoms with Crippen LogP contribution in [0.5, 0.6) is 5.75 Å². The fourth-order valence-corrected chi connectivity index (χ4v) is 3.85. The fraction of sp³-hybridized carbons (Fsp3) is 0.182. The van der Waals surface area contributed by atoms with E-state index >= 15 is 0 Å². The Labute approximate surface area is 182 Å². The third kappa shape index (κ3) is 4.72. The van der Waals surface area contributed by atoms with Crippen LogP contribution < -0.4 is 15.4 Å². The predicted molar refractivity (Wildman–Crippen MR) is 119 cm³/mol. The normalized spacial score (nSPS) is 10.8. The molecule has 31 heavy (non-hydrogen) atoms. The summed E-state index contributed by atoms with van der Waals surface area (Å²) in [6.07, 6.45) is 0.523. The first-order chi connectivity index (χ1) is 15.0. The van der Waals surface area contributed by atoms with Crippen LogP contribution >= 0.6 is 11.3 Å². The van der Waals surface area contributed by atoms with Crippen LogP contribution in [-0.2, 0) is 16.0 Å². The van der Waals surface area contributed by atoms with Gasteiger partial charge in [0.1, 0.15) is 5.75 Å². The van der Waals surface area contributed by atoms with Gasteiger partial charge in [0, 0.05) is 35.7 Å². The van der Waals surface area contributed by atoms with E-state index < -0.39 is 11.8 Å². The number of carbonyl (C=O) groups excluding carboxylic acids is 2.